The number of para-hydroxylation sites is 1. The summed E-state index contributed by atoms with van der Waals surface area (Å²) in [7, 11) is 0. The van der Waals surface area contributed by atoms with Gasteiger partial charge in [0.15, 0.2) is 0 Å². The van der Waals surface area contributed by atoms with Gasteiger partial charge in [-0.25, -0.2) is 0 Å². The van der Waals surface area contributed by atoms with Crippen LogP contribution in [-0.2, 0) is 16.8 Å². The highest BCUT2D eigenvalue weighted by molar-refractivity contribution is 9.09. The van der Waals surface area contributed by atoms with Gasteiger partial charge in [-0.2, -0.15) is 0 Å². The third-order valence-corrected chi connectivity index (χ3v) is 4.68. The maximum atomic E-state index is 13.0. The Balaban J connectivity index is 2.01. The predicted octanol–water partition coefficient (Wildman–Crippen LogP) is 4.28. The Morgan fingerprint density at radius 1 is 1.05 bits per heavy atom. The normalized spacial score (nSPS) is 20.7. The fourth-order valence-electron chi connectivity index (χ4n) is 3.05. The Kier molecular flexibility index (Phi) is 3.85. The molecule has 2 nitrogen and oxygen atoms in total. The molecule has 0 saturated heterocycles. The summed E-state index contributed by atoms with van der Waals surface area (Å²) in [4.78, 5) is 14.9. The van der Waals surface area contributed by atoms with E-state index in [1.165, 1.54) is 0 Å². The van der Waals surface area contributed by atoms with Gasteiger partial charge in [0.2, 0.25) is 5.91 Å². The standard InChI is InChI=1S/C18H18BrNO/c1-18(11-12-19)15-9-5-6-10-16(15)20(17(18)21)13-14-7-3-2-4-8-14/h2-10H,11-13H2,1H3. The van der Waals surface area contributed by atoms with Crippen LogP contribution in [0.3, 0.4) is 0 Å². The van der Waals surface area contributed by atoms with E-state index in [1.54, 1.807) is 0 Å². The summed E-state index contributed by atoms with van der Waals surface area (Å²) in [6, 6.07) is 18.3. The summed E-state index contributed by atoms with van der Waals surface area (Å²) < 4.78 is 0. The van der Waals surface area contributed by atoms with E-state index in [-0.39, 0.29) is 5.91 Å². The number of amides is 1. The Labute approximate surface area is 133 Å². The van der Waals surface area contributed by atoms with Crippen molar-refractivity contribution in [2.24, 2.45) is 0 Å². The van der Waals surface area contributed by atoms with Gasteiger partial charge in [0.25, 0.3) is 0 Å². The van der Waals surface area contributed by atoms with Crippen molar-refractivity contribution in [3.63, 3.8) is 0 Å². The Hall–Kier alpha value is -1.61. The summed E-state index contributed by atoms with van der Waals surface area (Å²) in [6.45, 7) is 2.69. The molecule has 0 radical (unpaired) electrons. The number of hydrogen-bond acceptors (Lipinski definition) is 1. The van der Waals surface area contributed by atoms with E-state index < -0.39 is 5.41 Å². The van der Waals surface area contributed by atoms with Gasteiger partial charge in [-0.3, -0.25) is 4.79 Å². The second kappa shape index (κ2) is 5.64. The molecule has 0 N–H and O–H groups in total. The van der Waals surface area contributed by atoms with Gasteiger partial charge in [-0.1, -0.05) is 64.5 Å². The number of alkyl halides is 1. The summed E-state index contributed by atoms with van der Waals surface area (Å²) in [6.07, 6.45) is 0.814. The summed E-state index contributed by atoms with van der Waals surface area (Å²) in [5, 5.41) is 0.822. The molecule has 1 atom stereocenters. The number of hydrogen-bond donors (Lipinski definition) is 0. The van der Waals surface area contributed by atoms with E-state index in [9.17, 15) is 4.79 Å². The molecule has 0 fully saturated rings. The van der Waals surface area contributed by atoms with Crippen molar-refractivity contribution in [2.45, 2.75) is 25.3 Å². The van der Waals surface area contributed by atoms with Crippen LogP contribution in [0.4, 0.5) is 5.69 Å². The highest BCUT2D eigenvalue weighted by Crippen LogP contribution is 2.44. The summed E-state index contributed by atoms with van der Waals surface area (Å²) in [5.74, 6) is 0.201. The lowest BCUT2D eigenvalue weighted by Crippen LogP contribution is -2.38. The minimum absolute atomic E-state index is 0.201. The van der Waals surface area contributed by atoms with Crippen LogP contribution in [0.25, 0.3) is 0 Å². The topological polar surface area (TPSA) is 20.3 Å². The first-order valence-electron chi connectivity index (χ1n) is 7.18. The quantitative estimate of drug-likeness (QED) is 0.759. The highest BCUT2D eigenvalue weighted by Gasteiger charge is 2.46. The lowest BCUT2D eigenvalue weighted by molar-refractivity contribution is -0.122. The van der Waals surface area contributed by atoms with Gasteiger partial charge in [0.05, 0.1) is 12.0 Å². The predicted molar refractivity (Wildman–Crippen MR) is 89.8 cm³/mol. The number of rotatable bonds is 4. The van der Waals surface area contributed by atoms with Crippen LogP contribution in [0.1, 0.15) is 24.5 Å². The van der Waals surface area contributed by atoms with Crippen molar-refractivity contribution < 1.29 is 4.79 Å². The van der Waals surface area contributed by atoms with Crippen LogP contribution in [-0.4, -0.2) is 11.2 Å². The zero-order chi connectivity index (χ0) is 14.9. The SMILES string of the molecule is CC1(CCBr)C(=O)N(Cc2ccccc2)c2ccccc21. The van der Waals surface area contributed by atoms with Gasteiger partial charge in [-0.05, 0) is 30.5 Å². The number of fused-ring (bicyclic) bond motifs is 1. The van der Waals surface area contributed by atoms with Crippen molar-refractivity contribution >= 4 is 27.5 Å². The van der Waals surface area contributed by atoms with Gasteiger partial charge in [0, 0.05) is 11.0 Å². The largest absolute Gasteiger partial charge is 0.307 e. The molecule has 3 rings (SSSR count). The molecular weight excluding hydrogens is 326 g/mol. The van der Waals surface area contributed by atoms with Crippen molar-refractivity contribution in [1.82, 2.24) is 0 Å². The molecule has 1 heterocycles. The zero-order valence-corrected chi connectivity index (χ0v) is 13.6. The van der Waals surface area contributed by atoms with E-state index in [0.29, 0.717) is 6.54 Å². The number of benzene rings is 2. The molecule has 1 unspecified atom stereocenters. The molecule has 108 valence electrons. The maximum absolute atomic E-state index is 13.0. The average Bonchev–Trinajstić information content (AvgIpc) is 2.72. The van der Waals surface area contributed by atoms with Crippen LogP contribution in [0.15, 0.2) is 54.6 Å². The molecule has 0 spiro atoms. The number of halogens is 1. The fraction of sp³-hybridized carbons (Fsp3) is 0.278. The van der Waals surface area contributed by atoms with Crippen molar-refractivity contribution in [3.05, 3.63) is 65.7 Å². The van der Waals surface area contributed by atoms with Gasteiger partial charge >= 0.3 is 0 Å². The number of nitrogens with zero attached hydrogens (tertiary/aromatic N) is 1. The molecule has 2 aromatic carbocycles. The van der Waals surface area contributed by atoms with E-state index >= 15 is 0 Å². The summed E-state index contributed by atoms with van der Waals surface area (Å²) >= 11 is 3.49. The maximum Gasteiger partial charge on any atom is 0.237 e. The van der Waals surface area contributed by atoms with E-state index in [0.717, 1.165) is 28.6 Å². The van der Waals surface area contributed by atoms with E-state index in [4.69, 9.17) is 0 Å². The van der Waals surface area contributed by atoms with Crippen LogP contribution in [0.5, 0.6) is 0 Å². The summed E-state index contributed by atoms with van der Waals surface area (Å²) in [5.41, 5.74) is 2.93. The van der Waals surface area contributed by atoms with Crippen LogP contribution in [0, 0.1) is 0 Å². The molecule has 2 aromatic rings. The molecule has 0 saturated carbocycles. The number of carbonyl (C=O) groups is 1. The van der Waals surface area contributed by atoms with Crippen LogP contribution >= 0.6 is 15.9 Å². The minimum atomic E-state index is -0.422. The van der Waals surface area contributed by atoms with Gasteiger partial charge < -0.3 is 4.90 Å². The van der Waals surface area contributed by atoms with Crippen molar-refractivity contribution in [1.29, 1.82) is 0 Å². The third kappa shape index (κ3) is 2.40. The van der Waals surface area contributed by atoms with Crippen LogP contribution in [0.2, 0.25) is 0 Å². The molecule has 21 heavy (non-hydrogen) atoms. The second-order valence-electron chi connectivity index (χ2n) is 5.67. The number of anilines is 1. The number of carbonyl (C=O) groups excluding carboxylic acids is 1. The fourth-order valence-corrected chi connectivity index (χ4v) is 3.84. The minimum Gasteiger partial charge on any atom is -0.307 e. The van der Waals surface area contributed by atoms with Gasteiger partial charge in [-0.15, -0.1) is 0 Å². The van der Waals surface area contributed by atoms with Gasteiger partial charge in [0.1, 0.15) is 0 Å². The molecule has 3 heteroatoms. The smallest absolute Gasteiger partial charge is 0.237 e. The monoisotopic (exact) mass is 343 g/mol. The zero-order valence-electron chi connectivity index (χ0n) is 12.1. The molecular formula is C18H18BrNO. The first kappa shape index (κ1) is 14.3. The molecule has 0 bridgehead atoms. The first-order chi connectivity index (χ1) is 10.2. The van der Waals surface area contributed by atoms with Crippen molar-refractivity contribution in [2.75, 3.05) is 10.2 Å². The molecule has 1 aliphatic rings. The lowest BCUT2D eigenvalue weighted by atomic mass is 9.81. The molecule has 1 aliphatic heterocycles. The van der Waals surface area contributed by atoms with Crippen LogP contribution < -0.4 is 4.90 Å². The Morgan fingerprint density at radius 2 is 1.71 bits per heavy atom. The van der Waals surface area contributed by atoms with Crippen molar-refractivity contribution in [3.8, 4) is 0 Å². The highest BCUT2D eigenvalue weighted by atomic mass is 79.9. The molecule has 0 aromatic heterocycles. The average molecular weight is 344 g/mol. The Morgan fingerprint density at radius 3 is 2.43 bits per heavy atom. The van der Waals surface area contributed by atoms with E-state index in [2.05, 4.69) is 47.1 Å². The second-order valence-corrected chi connectivity index (χ2v) is 6.46. The first-order valence-corrected chi connectivity index (χ1v) is 8.30. The van der Waals surface area contributed by atoms with E-state index in [1.807, 2.05) is 35.2 Å². The Bertz CT molecular complexity index is 655. The molecule has 0 aliphatic carbocycles. The lowest BCUT2D eigenvalue weighted by Gasteiger charge is -2.23. The third-order valence-electron chi connectivity index (χ3n) is 4.28. The molecule has 1 amide bonds.